The first-order valence-corrected chi connectivity index (χ1v) is 12.6. The van der Waals surface area contributed by atoms with Gasteiger partial charge in [-0.05, 0) is 26.3 Å². The maximum Gasteiger partial charge on any atom is 0.306 e. The molecule has 0 aromatic heterocycles. The van der Waals surface area contributed by atoms with Gasteiger partial charge in [0.1, 0.15) is 17.3 Å². The number of hydrogen-bond donors (Lipinski definition) is 3. The molecule has 0 aromatic carbocycles. The van der Waals surface area contributed by atoms with E-state index in [1.807, 2.05) is 13.8 Å². The number of ketones is 1. The number of fused-ring (bicyclic) bond motifs is 7. The summed E-state index contributed by atoms with van der Waals surface area (Å²) in [6, 6.07) is 0. The minimum atomic E-state index is -2.10. The third-order valence-electron chi connectivity index (χ3n) is 10.4. The number of carbonyl (C=O) groups excluding carboxylic acids is 2. The zero-order valence-electron chi connectivity index (χ0n) is 21.3. The summed E-state index contributed by atoms with van der Waals surface area (Å²) in [5, 5.41) is 36.6. The molecule has 0 amide bonds. The number of carbonyl (C=O) groups is 2. The van der Waals surface area contributed by atoms with Gasteiger partial charge in [-0.25, -0.2) is 0 Å². The monoisotopic (exact) mass is 492 g/mol. The Morgan fingerprint density at radius 2 is 1.86 bits per heavy atom. The predicted molar refractivity (Wildman–Crippen MR) is 120 cm³/mol. The van der Waals surface area contributed by atoms with Crippen molar-refractivity contribution in [3.05, 3.63) is 11.6 Å². The van der Waals surface area contributed by atoms with Crippen molar-refractivity contribution >= 4 is 11.8 Å². The normalized spacial score (nSPS) is 56.3. The third-order valence-corrected chi connectivity index (χ3v) is 10.4. The number of hydrogen-bond acceptors (Lipinski definition) is 9. The molecular formula is C26H36O9. The van der Waals surface area contributed by atoms with Gasteiger partial charge < -0.3 is 34.3 Å². The Hall–Kier alpha value is -1.36. The van der Waals surface area contributed by atoms with Crippen LogP contribution in [0.15, 0.2) is 11.6 Å². The quantitative estimate of drug-likeness (QED) is 0.379. The van der Waals surface area contributed by atoms with Gasteiger partial charge >= 0.3 is 5.97 Å². The molecule has 0 bridgehead atoms. The minimum absolute atomic E-state index is 0.0785. The molecule has 9 heteroatoms. The zero-order chi connectivity index (χ0) is 25.7. The van der Waals surface area contributed by atoms with Crippen LogP contribution in [0.4, 0.5) is 0 Å². The van der Waals surface area contributed by atoms with Crippen LogP contribution in [-0.4, -0.2) is 80.2 Å². The second-order valence-electron chi connectivity index (χ2n) is 12.6. The van der Waals surface area contributed by atoms with Gasteiger partial charge in [-0.1, -0.05) is 33.8 Å². The van der Waals surface area contributed by atoms with Crippen LogP contribution in [0.1, 0.15) is 54.9 Å². The molecule has 0 unspecified atom stereocenters. The van der Waals surface area contributed by atoms with Gasteiger partial charge in [0.05, 0.1) is 24.4 Å². The molecule has 0 aromatic rings. The minimum Gasteiger partial charge on any atom is -0.455 e. The summed E-state index contributed by atoms with van der Waals surface area (Å²) in [7, 11) is 0. The smallest absolute Gasteiger partial charge is 0.306 e. The molecule has 5 fully saturated rings. The molecule has 6 aliphatic rings. The Labute approximate surface area is 204 Å². The van der Waals surface area contributed by atoms with Crippen LogP contribution in [0.2, 0.25) is 0 Å². The summed E-state index contributed by atoms with van der Waals surface area (Å²) in [5.41, 5.74) is -6.54. The molecular weight excluding hydrogens is 456 g/mol. The van der Waals surface area contributed by atoms with Gasteiger partial charge in [0, 0.05) is 35.5 Å². The zero-order valence-corrected chi connectivity index (χ0v) is 21.3. The second kappa shape index (κ2) is 6.37. The van der Waals surface area contributed by atoms with E-state index in [9.17, 15) is 24.9 Å². The maximum atomic E-state index is 13.6. The third kappa shape index (κ3) is 2.37. The number of esters is 1. The fourth-order valence-corrected chi connectivity index (χ4v) is 8.52. The van der Waals surface area contributed by atoms with Crippen LogP contribution in [-0.2, 0) is 28.5 Å². The molecule has 3 N–H and O–H groups in total. The van der Waals surface area contributed by atoms with Gasteiger partial charge in [0.2, 0.25) is 0 Å². The van der Waals surface area contributed by atoms with Crippen LogP contribution in [0.3, 0.4) is 0 Å². The first-order valence-electron chi connectivity index (χ1n) is 12.6. The Kier molecular flexibility index (Phi) is 4.37. The van der Waals surface area contributed by atoms with Crippen LogP contribution >= 0.6 is 0 Å². The fraction of sp³-hybridized carbons (Fsp3) is 0.846. The van der Waals surface area contributed by atoms with Crippen molar-refractivity contribution in [1.82, 2.24) is 0 Å². The standard InChI is InChI=1S/C26H36O9/c1-8-14(27)33-26-16(21(26,4)5)15-19-23(34-19)10-32-22(6,7)35-20(23)25(31)13(9-11(2)17(25)28)24(15,30)12(3)18(26)29/h9,12-13,15-16,18-20,29-31H,8,10H2,1-7H3/t12-,13+,15-,16-,18-,19+,20-,23+,24+,25-,26-/m1/s1. The van der Waals surface area contributed by atoms with E-state index in [1.54, 1.807) is 40.7 Å². The molecule has 4 aliphatic carbocycles. The summed E-state index contributed by atoms with van der Waals surface area (Å²) < 4.78 is 24.5. The summed E-state index contributed by atoms with van der Waals surface area (Å²) in [6.45, 7) is 12.4. The van der Waals surface area contributed by atoms with Crippen LogP contribution in [0.25, 0.3) is 0 Å². The van der Waals surface area contributed by atoms with Crippen molar-refractivity contribution in [2.24, 2.45) is 29.1 Å². The predicted octanol–water partition coefficient (Wildman–Crippen LogP) is 0.871. The highest BCUT2D eigenvalue weighted by Crippen LogP contribution is 2.79. The molecule has 2 aliphatic heterocycles. The number of Topliss-reactive ketones (excluding diaryl/α,β-unsaturated/α-hetero) is 1. The lowest BCUT2D eigenvalue weighted by atomic mass is 9.58. The van der Waals surface area contributed by atoms with Gasteiger partial charge in [-0.2, -0.15) is 0 Å². The van der Waals surface area contributed by atoms with Gasteiger partial charge in [-0.15, -0.1) is 0 Å². The van der Waals surface area contributed by atoms with Gasteiger partial charge in [0.25, 0.3) is 0 Å². The number of ether oxygens (including phenoxy) is 4. The highest BCUT2D eigenvalue weighted by Gasteiger charge is 2.93. The Morgan fingerprint density at radius 1 is 1.20 bits per heavy atom. The highest BCUT2D eigenvalue weighted by atomic mass is 16.8. The first kappa shape index (κ1) is 24.0. The molecule has 2 saturated heterocycles. The van der Waals surface area contributed by atoms with E-state index in [0.717, 1.165) is 0 Å². The molecule has 9 nitrogen and oxygen atoms in total. The van der Waals surface area contributed by atoms with E-state index in [2.05, 4.69) is 0 Å². The van der Waals surface area contributed by atoms with E-state index in [-0.39, 0.29) is 13.0 Å². The Morgan fingerprint density at radius 3 is 2.49 bits per heavy atom. The van der Waals surface area contributed by atoms with Crippen LogP contribution < -0.4 is 0 Å². The van der Waals surface area contributed by atoms with E-state index in [1.165, 1.54) is 0 Å². The number of epoxide rings is 1. The molecule has 2 heterocycles. The van der Waals surface area contributed by atoms with Crippen molar-refractivity contribution in [3.63, 3.8) is 0 Å². The van der Waals surface area contributed by atoms with Crippen molar-refractivity contribution in [2.45, 2.75) is 101 Å². The Bertz CT molecular complexity index is 1070. The van der Waals surface area contributed by atoms with Crippen molar-refractivity contribution < 1.29 is 43.9 Å². The topological polar surface area (TPSA) is 135 Å². The van der Waals surface area contributed by atoms with E-state index in [4.69, 9.17) is 18.9 Å². The lowest BCUT2D eigenvalue weighted by molar-refractivity contribution is -0.329. The van der Waals surface area contributed by atoms with E-state index < -0.39 is 87.3 Å². The molecule has 11 atom stereocenters. The number of rotatable bonds is 2. The van der Waals surface area contributed by atoms with Gasteiger partial charge in [-0.3, -0.25) is 9.59 Å². The van der Waals surface area contributed by atoms with E-state index >= 15 is 0 Å². The molecule has 0 radical (unpaired) electrons. The summed E-state index contributed by atoms with van der Waals surface area (Å²) in [6.07, 6.45) is -1.13. The maximum absolute atomic E-state index is 13.6. The van der Waals surface area contributed by atoms with Crippen molar-refractivity contribution in [3.8, 4) is 0 Å². The highest BCUT2D eigenvalue weighted by molar-refractivity contribution is 6.05. The SMILES string of the molecule is CCC(=O)O[C@@]12[C@H](O)[C@@H](C)[C@@]3(O)[C@H]([C@@H]1C2(C)C)[C@@H]1O[C@@]12COC(C)(C)O[C@H]2[C@]1(O)C(=O)C(C)=C[C@H]13. The molecule has 194 valence electrons. The lowest BCUT2D eigenvalue weighted by Gasteiger charge is -2.53. The summed E-state index contributed by atoms with van der Waals surface area (Å²) in [4.78, 5) is 26.1. The molecule has 35 heavy (non-hydrogen) atoms. The molecule has 3 saturated carbocycles. The Balaban J connectivity index is 1.57. The summed E-state index contributed by atoms with van der Waals surface area (Å²) in [5.74, 6) is -5.02. The number of aliphatic hydroxyl groups excluding tert-OH is 1. The van der Waals surface area contributed by atoms with E-state index in [0.29, 0.717) is 5.57 Å². The average molecular weight is 493 g/mol. The van der Waals surface area contributed by atoms with Gasteiger partial charge in [0.15, 0.2) is 17.2 Å². The number of aliphatic hydroxyl groups is 3. The molecule has 6 rings (SSSR count). The van der Waals surface area contributed by atoms with Crippen molar-refractivity contribution in [2.75, 3.05) is 6.61 Å². The summed E-state index contributed by atoms with van der Waals surface area (Å²) >= 11 is 0. The molecule has 1 spiro atoms. The second-order valence-corrected chi connectivity index (χ2v) is 12.6. The first-order chi connectivity index (χ1) is 16.1. The van der Waals surface area contributed by atoms with Crippen molar-refractivity contribution in [1.29, 1.82) is 0 Å². The van der Waals surface area contributed by atoms with Crippen LogP contribution in [0.5, 0.6) is 0 Å². The largest absolute Gasteiger partial charge is 0.455 e. The fourth-order valence-electron chi connectivity index (χ4n) is 8.52. The average Bonchev–Trinajstić information content (AvgIpc) is 3.59. The van der Waals surface area contributed by atoms with Crippen LogP contribution in [0, 0.1) is 29.1 Å². The lowest BCUT2D eigenvalue weighted by Crippen LogP contribution is -2.70.